The topological polar surface area (TPSA) is 12.9 Å². The normalized spacial score (nSPS) is 8.60. The van der Waals surface area contributed by atoms with Gasteiger partial charge in [-0.1, -0.05) is 22.0 Å². The minimum absolute atomic E-state index is 0. The Morgan fingerprint density at radius 1 is 1.60 bits per heavy atom. The molecule has 56 valence electrons. The van der Waals surface area contributed by atoms with Crippen molar-refractivity contribution in [3.05, 3.63) is 29.6 Å². The first-order valence-corrected chi connectivity index (χ1v) is 3.93. The minimum Gasteiger partial charge on any atom is -0.261 e. The Labute approximate surface area is 75.4 Å². The van der Waals surface area contributed by atoms with Gasteiger partial charge >= 0.3 is 0 Å². The summed E-state index contributed by atoms with van der Waals surface area (Å²) in [7, 11) is 0. The lowest BCUT2D eigenvalue weighted by atomic mass is 10.2. The zero-order valence-corrected chi connectivity index (χ0v) is 8.08. The van der Waals surface area contributed by atoms with Gasteiger partial charge in [0.1, 0.15) is 0 Å². The second-order valence-electron chi connectivity index (χ2n) is 1.88. The lowest BCUT2D eigenvalue weighted by molar-refractivity contribution is 1.14. The smallest absolute Gasteiger partial charge is 0.0413 e. The Hall–Kier alpha value is -0.0800. The molecule has 0 saturated carbocycles. The maximum absolute atomic E-state index is 4.12. The number of aromatic nitrogens is 1. The molecule has 3 heteroatoms. The fourth-order valence-corrected chi connectivity index (χ4v) is 1.25. The van der Waals surface area contributed by atoms with E-state index in [4.69, 9.17) is 0 Å². The number of nitrogens with zero attached hydrogens (tertiary/aromatic N) is 1. The summed E-state index contributed by atoms with van der Waals surface area (Å²) in [6, 6.07) is 4.01. The number of halogens is 2. The van der Waals surface area contributed by atoms with E-state index >= 15 is 0 Å². The van der Waals surface area contributed by atoms with Gasteiger partial charge in [-0.25, -0.2) is 0 Å². The largest absolute Gasteiger partial charge is 0.261 e. The Morgan fingerprint density at radius 3 is 2.70 bits per heavy atom. The van der Waals surface area contributed by atoms with Gasteiger partial charge < -0.3 is 0 Å². The van der Waals surface area contributed by atoms with Gasteiger partial charge in [-0.15, -0.1) is 12.4 Å². The van der Waals surface area contributed by atoms with Crippen LogP contribution in [0.1, 0.15) is 11.3 Å². The van der Waals surface area contributed by atoms with Crippen molar-refractivity contribution in [2.75, 3.05) is 0 Å². The van der Waals surface area contributed by atoms with Crippen LogP contribution >= 0.6 is 28.3 Å². The van der Waals surface area contributed by atoms with Crippen molar-refractivity contribution in [2.24, 2.45) is 0 Å². The average molecular weight is 223 g/mol. The van der Waals surface area contributed by atoms with Crippen molar-refractivity contribution in [1.29, 1.82) is 0 Å². The molecule has 10 heavy (non-hydrogen) atoms. The quantitative estimate of drug-likeness (QED) is 0.666. The molecule has 0 aliphatic heterocycles. The SMILES string of the molecule is Cc1ncccc1CBr.Cl. The van der Waals surface area contributed by atoms with Crippen LogP contribution in [-0.4, -0.2) is 4.98 Å². The van der Waals surface area contributed by atoms with Gasteiger partial charge in [0, 0.05) is 17.2 Å². The van der Waals surface area contributed by atoms with Gasteiger partial charge in [-0.05, 0) is 18.6 Å². The van der Waals surface area contributed by atoms with Crippen LogP contribution in [0, 0.1) is 6.92 Å². The van der Waals surface area contributed by atoms with Gasteiger partial charge in [0.25, 0.3) is 0 Å². The molecule has 1 aromatic rings. The van der Waals surface area contributed by atoms with E-state index in [1.807, 2.05) is 19.2 Å². The summed E-state index contributed by atoms with van der Waals surface area (Å²) >= 11 is 3.37. The first kappa shape index (κ1) is 9.92. The molecule has 0 aromatic carbocycles. The van der Waals surface area contributed by atoms with Crippen LogP contribution in [0.4, 0.5) is 0 Å². The maximum atomic E-state index is 4.12. The number of hydrogen-bond acceptors (Lipinski definition) is 1. The molecule has 0 unspecified atom stereocenters. The van der Waals surface area contributed by atoms with E-state index in [0.29, 0.717) is 0 Å². The Kier molecular flexibility index (Phi) is 4.65. The average Bonchev–Trinajstić information content (AvgIpc) is 1.89. The summed E-state index contributed by atoms with van der Waals surface area (Å²) in [5, 5.41) is 0.896. The molecular formula is C7H9BrClN. The summed E-state index contributed by atoms with van der Waals surface area (Å²) in [6.45, 7) is 2.01. The Bertz CT molecular complexity index is 203. The molecule has 0 aliphatic carbocycles. The van der Waals surface area contributed by atoms with Crippen LogP contribution in [0.3, 0.4) is 0 Å². The summed E-state index contributed by atoms with van der Waals surface area (Å²) < 4.78 is 0. The molecular weight excluding hydrogens is 213 g/mol. The first-order valence-electron chi connectivity index (χ1n) is 2.81. The number of aryl methyl sites for hydroxylation is 1. The number of pyridine rings is 1. The fraction of sp³-hybridized carbons (Fsp3) is 0.286. The first-order chi connectivity index (χ1) is 4.34. The molecule has 1 aromatic heterocycles. The van der Waals surface area contributed by atoms with Crippen LogP contribution < -0.4 is 0 Å². The van der Waals surface area contributed by atoms with Crippen molar-refractivity contribution < 1.29 is 0 Å². The molecule has 0 bridgehead atoms. The van der Waals surface area contributed by atoms with Gasteiger partial charge in [0.05, 0.1) is 0 Å². The molecule has 0 radical (unpaired) electrons. The van der Waals surface area contributed by atoms with Crippen LogP contribution in [0.5, 0.6) is 0 Å². The highest BCUT2D eigenvalue weighted by atomic mass is 79.9. The summed E-state index contributed by atoms with van der Waals surface area (Å²) in [4.78, 5) is 4.12. The van der Waals surface area contributed by atoms with Crippen molar-refractivity contribution in [3.8, 4) is 0 Å². The van der Waals surface area contributed by atoms with Crippen molar-refractivity contribution in [3.63, 3.8) is 0 Å². The van der Waals surface area contributed by atoms with E-state index in [1.54, 1.807) is 0 Å². The molecule has 0 fully saturated rings. The summed E-state index contributed by atoms with van der Waals surface area (Å²) in [6.07, 6.45) is 1.81. The monoisotopic (exact) mass is 221 g/mol. The van der Waals surface area contributed by atoms with Crippen LogP contribution in [0.15, 0.2) is 18.3 Å². The third-order valence-electron chi connectivity index (χ3n) is 1.26. The van der Waals surface area contributed by atoms with E-state index in [0.717, 1.165) is 11.0 Å². The highest BCUT2D eigenvalue weighted by Gasteiger charge is 1.92. The minimum atomic E-state index is 0. The Balaban J connectivity index is 0.000000810. The van der Waals surface area contributed by atoms with E-state index in [1.165, 1.54) is 5.56 Å². The lowest BCUT2D eigenvalue weighted by Gasteiger charge is -1.96. The summed E-state index contributed by atoms with van der Waals surface area (Å²) in [5.41, 5.74) is 2.37. The second-order valence-corrected chi connectivity index (χ2v) is 2.44. The van der Waals surface area contributed by atoms with Crippen molar-refractivity contribution >= 4 is 28.3 Å². The van der Waals surface area contributed by atoms with E-state index in [-0.39, 0.29) is 12.4 Å². The number of hydrogen-bond donors (Lipinski definition) is 0. The standard InChI is InChI=1S/C7H8BrN.ClH/c1-6-7(5-8)3-2-4-9-6;/h2-4H,5H2,1H3;1H. The van der Waals surface area contributed by atoms with Gasteiger partial charge in [-0.2, -0.15) is 0 Å². The molecule has 1 nitrogen and oxygen atoms in total. The highest BCUT2D eigenvalue weighted by Crippen LogP contribution is 2.06. The van der Waals surface area contributed by atoms with Gasteiger partial charge in [-0.3, -0.25) is 4.98 Å². The third kappa shape index (κ3) is 2.27. The molecule has 0 amide bonds. The molecule has 0 N–H and O–H groups in total. The van der Waals surface area contributed by atoms with Crippen LogP contribution in [0.2, 0.25) is 0 Å². The zero-order valence-electron chi connectivity index (χ0n) is 5.67. The van der Waals surface area contributed by atoms with E-state index in [2.05, 4.69) is 27.0 Å². The fourth-order valence-electron chi connectivity index (χ4n) is 0.659. The molecule has 0 atom stereocenters. The predicted octanol–water partition coefficient (Wildman–Crippen LogP) is 2.71. The van der Waals surface area contributed by atoms with Gasteiger partial charge in [0.2, 0.25) is 0 Å². The lowest BCUT2D eigenvalue weighted by Crippen LogP contribution is -1.85. The maximum Gasteiger partial charge on any atom is 0.0413 e. The number of rotatable bonds is 1. The molecule has 0 spiro atoms. The van der Waals surface area contributed by atoms with Crippen molar-refractivity contribution in [1.82, 2.24) is 4.98 Å². The van der Waals surface area contributed by atoms with Gasteiger partial charge in [0.15, 0.2) is 0 Å². The second kappa shape index (κ2) is 4.69. The predicted molar refractivity (Wildman–Crippen MR) is 48.9 cm³/mol. The third-order valence-corrected chi connectivity index (χ3v) is 1.86. The molecule has 1 rings (SSSR count). The van der Waals surface area contributed by atoms with Crippen molar-refractivity contribution in [2.45, 2.75) is 12.3 Å². The van der Waals surface area contributed by atoms with Crippen LogP contribution in [0.25, 0.3) is 0 Å². The molecule has 0 saturated heterocycles. The zero-order chi connectivity index (χ0) is 6.69. The molecule has 0 aliphatic rings. The number of alkyl halides is 1. The van der Waals surface area contributed by atoms with Crippen LogP contribution in [-0.2, 0) is 5.33 Å². The Morgan fingerprint density at radius 2 is 2.30 bits per heavy atom. The van der Waals surface area contributed by atoms with E-state index < -0.39 is 0 Å². The summed E-state index contributed by atoms with van der Waals surface area (Å²) in [5.74, 6) is 0. The highest BCUT2D eigenvalue weighted by molar-refractivity contribution is 9.08. The molecule has 1 heterocycles. The van der Waals surface area contributed by atoms with E-state index in [9.17, 15) is 0 Å².